The highest BCUT2D eigenvalue weighted by atomic mass is 32.1. The van der Waals surface area contributed by atoms with Crippen LogP contribution in [0.1, 0.15) is 57.3 Å². The smallest absolute Gasteiger partial charge is 0.264 e. The van der Waals surface area contributed by atoms with Crippen LogP contribution in [0.4, 0.5) is 0 Å². The first kappa shape index (κ1) is 18.1. The fourth-order valence-electron chi connectivity index (χ4n) is 3.86. The lowest BCUT2D eigenvalue weighted by atomic mass is 9.95. The number of piperidine rings is 1. The number of nitrogens with zero attached hydrogens (tertiary/aromatic N) is 4. The molecule has 0 saturated carbocycles. The summed E-state index contributed by atoms with van der Waals surface area (Å²) in [5.41, 5.74) is 2.12. The minimum absolute atomic E-state index is 0.0967. The third-order valence-electron chi connectivity index (χ3n) is 5.50. The van der Waals surface area contributed by atoms with E-state index in [4.69, 9.17) is 4.98 Å². The second kappa shape index (κ2) is 7.38. The van der Waals surface area contributed by atoms with Gasteiger partial charge >= 0.3 is 0 Å². The molecule has 1 saturated heterocycles. The molecule has 2 aliphatic rings. The fraction of sp³-hybridized carbons (Fsp3) is 0.500. The lowest BCUT2D eigenvalue weighted by Crippen LogP contribution is -2.37. The van der Waals surface area contributed by atoms with Crippen molar-refractivity contribution in [2.75, 3.05) is 19.6 Å². The maximum atomic E-state index is 12.7. The molecule has 7 heteroatoms. The molecular formula is C20H24N4O2S. The Morgan fingerprint density at radius 2 is 1.93 bits per heavy atom. The van der Waals surface area contributed by atoms with Gasteiger partial charge in [-0.1, -0.05) is 0 Å². The van der Waals surface area contributed by atoms with Gasteiger partial charge in [0.05, 0.1) is 10.6 Å². The van der Waals surface area contributed by atoms with Gasteiger partial charge in [0.25, 0.3) is 5.91 Å². The van der Waals surface area contributed by atoms with Gasteiger partial charge in [0.15, 0.2) is 0 Å². The van der Waals surface area contributed by atoms with Crippen molar-refractivity contribution in [3.63, 3.8) is 0 Å². The highest BCUT2D eigenvalue weighted by molar-refractivity contribution is 7.13. The average Bonchev–Trinajstić information content (AvgIpc) is 3.13. The van der Waals surface area contributed by atoms with Crippen LogP contribution in [0.5, 0.6) is 0 Å². The van der Waals surface area contributed by atoms with Gasteiger partial charge in [-0.2, -0.15) is 0 Å². The number of fused-ring (bicyclic) bond motifs is 1. The Hall–Kier alpha value is -2.28. The standard InChI is InChI=1S/C20H24N4O2S/c1-13-3-4-18(27-13)20(26)24-10-7-17-16(12-24)11-21-19(22-17)15-5-8-23(9-6-15)14(2)25/h3-4,11,15H,5-10,12H2,1-2H3. The van der Waals surface area contributed by atoms with Crippen molar-refractivity contribution in [2.24, 2.45) is 0 Å². The summed E-state index contributed by atoms with van der Waals surface area (Å²) in [7, 11) is 0. The second-order valence-corrected chi connectivity index (χ2v) is 8.66. The van der Waals surface area contributed by atoms with Crippen LogP contribution in [0.15, 0.2) is 18.3 Å². The van der Waals surface area contributed by atoms with Gasteiger partial charge in [-0.05, 0) is 31.9 Å². The van der Waals surface area contributed by atoms with E-state index in [1.54, 1.807) is 18.3 Å². The number of aryl methyl sites for hydroxylation is 1. The molecule has 2 amide bonds. The Labute approximate surface area is 163 Å². The van der Waals surface area contributed by atoms with Crippen LogP contribution in [0.3, 0.4) is 0 Å². The number of rotatable bonds is 2. The Kier molecular flexibility index (Phi) is 4.95. The van der Waals surface area contributed by atoms with Crippen LogP contribution in [0.2, 0.25) is 0 Å². The molecule has 2 aromatic rings. The normalized spacial score (nSPS) is 17.7. The molecule has 4 rings (SSSR count). The number of hydrogen-bond acceptors (Lipinski definition) is 5. The number of thiophene rings is 1. The highest BCUT2D eigenvalue weighted by Gasteiger charge is 2.27. The van der Waals surface area contributed by atoms with E-state index in [1.165, 1.54) is 0 Å². The van der Waals surface area contributed by atoms with Crippen molar-refractivity contribution in [1.29, 1.82) is 0 Å². The van der Waals surface area contributed by atoms with Gasteiger partial charge in [0.2, 0.25) is 5.91 Å². The molecule has 0 bridgehead atoms. The number of hydrogen-bond donors (Lipinski definition) is 0. The third kappa shape index (κ3) is 3.74. The van der Waals surface area contributed by atoms with E-state index in [-0.39, 0.29) is 11.8 Å². The summed E-state index contributed by atoms with van der Waals surface area (Å²) in [6.07, 6.45) is 4.50. The van der Waals surface area contributed by atoms with E-state index in [1.807, 2.05) is 35.1 Å². The Morgan fingerprint density at radius 3 is 2.59 bits per heavy atom. The van der Waals surface area contributed by atoms with Crippen LogP contribution < -0.4 is 0 Å². The summed E-state index contributed by atoms with van der Waals surface area (Å²) in [5, 5.41) is 0. The van der Waals surface area contributed by atoms with Crippen molar-refractivity contribution in [3.8, 4) is 0 Å². The van der Waals surface area contributed by atoms with Crippen molar-refractivity contribution >= 4 is 23.2 Å². The quantitative estimate of drug-likeness (QED) is 0.799. The molecule has 6 nitrogen and oxygen atoms in total. The number of amides is 2. The first-order valence-corrected chi connectivity index (χ1v) is 10.3. The maximum Gasteiger partial charge on any atom is 0.264 e. The Balaban J connectivity index is 1.44. The van der Waals surface area contributed by atoms with E-state index in [2.05, 4.69) is 4.98 Å². The van der Waals surface area contributed by atoms with Gasteiger partial charge in [-0.15, -0.1) is 11.3 Å². The molecule has 0 atom stereocenters. The summed E-state index contributed by atoms with van der Waals surface area (Å²) in [5.74, 6) is 1.45. The van der Waals surface area contributed by atoms with Crippen molar-refractivity contribution < 1.29 is 9.59 Å². The monoisotopic (exact) mass is 384 g/mol. The number of aromatic nitrogens is 2. The van der Waals surface area contributed by atoms with Crippen LogP contribution in [-0.4, -0.2) is 51.2 Å². The van der Waals surface area contributed by atoms with Crippen LogP contribution in [0, 0.1) is 6.92 Å². The lowest BCUT2D eigenvalue weighted by molar-refractivity contribution is -0.129. The van der Waals surface area contributed by atoms with Gasteiger partial charge in [-0.3, -0.25) is 9.59 Å². The average molecular weight is 385 g/mol. The molecule has 2 aliphatic heterocycles. The molecule has 27 heavy (non-hydrogen) atoms. The minimum Gasteiger partial charge on any atom is -0.343 e. The van der Waals surface area contributed by atoms with Crippen molar-refractivity contribution in [1.82, 2.24) is 19.8 Å². The lowest BCUT2D eigenvalue weighted by Gasteiger charge is -2.31. The third-order valence-corrected chi connectivity index (χ3v) is 6.49. The van der Waals surface area contributed by atoms with E-state index in [0.717, 1.165) is 59.2 Å². The first-order chi connectivity index (χ1) is 13.0. The molecule has 0 spiro atoms. The molecule has 142 valence electrons. The van der Waals surface area contributed by atoms with E-state index < -0.39 is 0 Å². The van der Waals surface area contributed by atoms with Crippen LogP contribution >= 0.6 is 11.3 Å². The van der Waals surface area contributed by atoms with Crippen LogP contribution in [0.25, 0.3) is 0 Å². The Morgan fingerprint density at radius 1 is 1.15 bits per heavy atom. The summed E-state index contributed by atoms with van der Waals surface area (Å²) in [6, 6.07) is 3.90. The van der Waals surface area contributed by atoms with Crippen molar-refractivity contribution in [3.05, 3.63) is 45.2 Å². The molecule has 0 aliphatic carbocycles. The number of carbonyl (C=O) groups is 2. The minimum atomic E-state index is 0.0967. The van der Waals surface area contributed by atoms with Gasteiger partial charge in [-0.25, -0.2) is 9.97 Å². The second-order valence-electron chi connectivity index (χ2n) is 7.37. The SMILES string of the molecule is CC(=O)N1CCC(c2ncc3c(n2)CCN(C(=O)c2ccc(C)s2)C3)CC1. The van der Waals surface area contributed by atoms with E-state index >= 15 is 0 Å². The molecule has 0 aromatic carbocycles. The van der Waals surface area contributed by atoms with Crippen molar-refractivity contribution in [2.45, 2.75) is 45.6 Å². The highest BCUT2D eigenvalue weighted by Crippen LogP contribution is 2.28. The predicted octanol–water partition coefficient (Wildman–Crippen LogP) is 2.77. The van der Waals surface area contributed by atoms with Crippen LogP contribution in [-0.2, 0) is 17.8 Å². The zero-order valence-electron chi connectivity index (χ0n) is 15.8. The maximum absolute atomic E-state index is 12.7. The zero-order chi connectivity index (χ0) is 19.0. The molecule has 2 aromatic heterocycles. The molecule has 0 unspecified atom stereocenters. The first-order valence-electron chi connectivity index (χ1n) is 9.47. The predicted molar refractivity (Wildman–Crippen MR) is 104 cm³/mol. The van der Waals surface area contributed by atoms with Gasteiger partial charge in [0.1, 0.15) is 5.82 Å². The number of carbonyl (C=O) groups excluding carboxylic acids is 2. The molecule has 0 N–H and O–H groups in total. The van der Waals surface area contributed by atoms with E-state index in [9.17, 15) is 9.59 Å². The largest absolute Gasteiger partial charge is 0.343 e. The molecule has 0 radical (unpaired) electrons. The van der Waals surface area contributed by atoms with Gasteiger partial charge in [0, 0.05) is 62.1 Å². The topological polar surface area (TPSA) is 66.4 Å². The fourth-order valence-corrected chi connectivity index (χ4v) is 4.69. The molecular weight excluding hydrogens is 360 g/mol. The van der Waals surface area contributed by atoms with Gasteiger partial charge < -0.3 is 9.80 Å². The van der Waals surface area contributed by atoms with E-state index in [0.29, 0.717) is 19.0 Å². The summed E-state index contributed by atoms with van der Waals surface area (Å²) in [6.45, 7) is 6.48. The zero-order valence-corrected chi connectivity index (χ0v) is 16.6. The molecule has 4 heterocycles. The summed E-state index contributed by atoms with van der Waals surface area (Å²) in [4.78, 5) is 39.3. The Bertz CT molecular complexity index is 871. The summed E-state index contributed by atoms with van der Waals surface area (Å²) >= 11 is 1.54. The number of likely N-dealkylation sites (tertiary alicyclic amines) is 1. The summed E-state index contributed by atoms with van der Waals surface area (Å²) < 4.78 is 0. The molecule has 1 fully saturated rings.